The van der Waals surface area contributed by atoms with E-state index in [1.807, 2.05) is 12.2 Å². The lowest BCUT2D eigenvalue weighted by Crippen LogP contribution is -2.55. The SMILES string of the molecule is C#CCCN1C(=O)[C@@H]2[C@@H]3C=C[C@@H](C3)[C@]2([S@](=O)C[C@]23CC[C@H](C[C@H]2O)C3(C)C)C1=O. The lowest BCUT2D eigenvalue weighted by molar-refractivity contribution is -0.140. The molecule has 0 radical (unpaired) electrons. The molecule has 0 spiro atoms. The summed E-state index contributed by atoms with van der Waals surface area (Å²) >= 11 is 0. The Hall–Kier alpha value is -1.45. The van der Waals surface area contributed by atoms with E-state index in [2.05, 4.69) is 19.8 Å². The average molecular weight is 416 g/mol. The number of hydrogen-bond acceptors (Lipinski definition) is 4. The molecule has 5 rings (SSSR count). The molecule has 3 saturated carbocycles. The molecular formula is C23H29NO4S. The van der Waals surface area contributed by atoms with Crippen LogP contribution in [0.5, 0.6) is 0 Å². The van der Waals surface area contributed by atoms with Crippen LogP contribution in [0, 0.1) is 46.8 Å². The Kier molecular flexibility index (Phi) is 4.07. The first kappa shape index (κ1) is 19.5. The van der Waals surface area contributed by atoms with E-state index >= 15 is 0 Å². The molecule has 5 aliphatic rings. The van der Waals surface area contributed by atoms with Gasteiger partial charge in [-0.05, 0) is 42.9 Å². The quantitative estimate of drug-likeness (QED) is 0.423. The monoisotopic (exact) mass is 415 g/mol. The zero-order chi connectivity index (χ0) is 20.8. The summed E-state index contributed by atoms with van der Waals surface area (Å²) in [5.41, 5.74) is -0.556. The number of aliphatic hydroxyl groups excluding tert-OH is 1. The van der Waals surface area contributed by atoms with Crippen LogP contribution in [0.3, 0.4) is 0 Å². The molecule has 2 amide bonds. The summed E-state index contributed by atoms with van der Waals surface area (Å²) in [5.74, 6) is 2.00. The third kappa shape index (κ3) is 2.09. The van der Waals surface area contributed by atoms with Crippen LogP contribution in [0.2, 0.25) is 0 Å². The molecule has 1 heterocycles. The van der Waals surface area contributed by atoms with Crippen LogP contribution in [-0.4, -0.2) is 49.2 Å². The number of rotatable bonds is 5. The number of carbonyl (C=O) groups excluding carboxylic acids is 2. The second-order valence-corrected chi connectivity index (χ2v) is 11.9. The van der Waals surface area contributed by atoms with Crippen molar-refractivity contribution in [1.29, 1.82) is 0 Å². The van der Waals surface area contributed by atoms with Gasteiger partial charge in [-0.2, -0.15) is 0 Å². The zero-order valence-electron chi connectivity index (χ0n) is 17.1. The first-order valence-corrected chi connectivity index (χ1v) is 12.1. The number of allylic oxidation sites excluding steroid dienone is 2. The van der Waals surface area contributed by atoms with E-state index in [1.54, 1.807) is 0 Å². The number of aliphatic hydroxyl groups is 1. The number of terminal acetylenes is 1. The average Bonchev–Trinajstić information content (AvgIpc) is 3.41. The molecular weight excluding hydrogens is 386 g/mol. The maximum atomic E-state index is 14.1. The summed E-state index contributed by atoms with van der Waals surface area (Å²) < 4.78 is 12.9. The van der Waals surface area contributed by atoms with Gasteiger partial charge in [-0.25, -0.2) is 0 Å². The third-order valence-corrected chi connectivity index (χ3v) is 11.6. The predicted octanol–water partition coefficient (Wildman–Crippen LogP) is 1.88. The summed E-state index contributed by atoms with van der Waals surface area (Å²) in [6, 6.07) is 0. The largest absolute Gasteiger partial charge is 0.392 e. The van der Waals surface area contributed by atoms with Crippen LogP contribution in [-0.2, 0) is 20.4 Å². The van der Waals surface area contributed by atoms with Crippen LogP contribution in [0.15, 0.2) is 12.2 Å². The molecule has 0 unspecified atom stereocenters. The summed E-state index contributed by atoms with van der Waals surface area (Å²) in [6.45, 7) is 4.55. The van der Waals surface area contributed by atoms with Gasteiger partial charge in [-0.1, -0.05) is 26.0 Å². The fraction of sp³-hybridized carbons (Fsp3) is 0.739. The molecule has 8 atom stereocenters. The van der Waals surface area contributed by atoms with Crippen molar-refractivity contribution in [2.24, 2.45) is 34.5 Å². The number of hydrogen-bond donors (Lipinski definition) is 1. The fourth-order valence-corrected chi connectivity index (χ4v) is 10.3. The standard InChI is InChI=1S/C23H29NO4S/c1-4-5-10-24-19(26)18-14-6-7-16(11-14)23(18,20(24)27)29(28)13-22-9-8-15(12-17(22)25)21(22,2)3/h1,6-7,14-18,25H,5,8-13H2,2-3H3/t14-,15-,16+,17-,18+,22-,23-,29-/m1/s1. The molecule has 4 aliphatic carbocycles. The molecule has 5 nitrogen and oxygen atoms in total. The third-order valence-electron chi connectivity index (χ3n) is 9.30. The van der Waals surface area contributed by atoms with Gasteiger partial charge in [-0.3, -0.25) is 18.7 Å². The van der Waals surface area contributed by atoms with Gasteiger partial charge >= 0.3 is 0 Å². The van der Waals surface area contributed by atoms with Gasteiger partial charge in [-0.15, -0.1) is 12.3 Å². The van der Waals surface area contributed by atoms with E-state index in [1.165, 1.54) is 4.90 Å². The van der Waals surface area contributed by atoms with Crippen molar-refractivity contribution in [3.63, 3.8) is 0 Å². The Morgan fingerprint density at radius 1 is 1.31 bits per heavy atom. The lowest BCUT2D eigenvalue weighted by Gasteiger charge is -2.43. The van der Waals surface area contributed by atoms with Crippen LogP contribution < -0.4 is 0 Å². The number of likely N-dealkylation sites (tertiary alicyclic amines) is 1. The van der Waals surface area contributed by atoms with Crippen molar-refractivity contribution in [1.82, 2.24) is 4.90 Å². The summed E-state index contributed by atoms with van der Waals surface area (Å²) in [7, 11) is -1.54. The molecule has 29 heavy (non-hydrogen) atoms. The van der Waals surface area contributed by atoms with E-state index in [9.17, 15) is 18.9 Å². The van der Waals surface area contributed by atoms with E-state index in [-0.39, 0.29) is 35.6 Å². The molecule has 1 N–H and O–H groups in total. The van der Waals surface area contributed by atoms with Crippen molar-refractivity contribution in [2.45, 2.75) is 56.8 Å². The first-order valence-electron chi connectivity index (χ1n) is 10.8. The Morgan fingerprint density at radius 2 is 2.07 bits per heavy atom. The minimum Gasteiger partial charge on any atom is -0.392 e. The second-order valence-electron chi connectivity index (χ2n) is 10.3. The topological polar surface area (TPSA) is 74.7 Å². The van der Waals surface area contributed by atoms with Gasteiger partial charge in [0.2, 0.25) is 11.8 Å². The Bertz CT molecular complexity index is 888. The number of amides is 2. The molecule has 1 aliphatic heterocycles. The molecule has 4 bridgehead atoms. The Morgan fingerprint density at radius 3 is 2.69 bits per heavy atom. The predicted molar refractivity (Wildman–Crippen MR) is 110 cm³/mol. The van der Waals surface area contributed by atoms with E-state index < -0.39 is 33.0 Å². The van der Waals surface area contributed by atoms with Crippen molar-refractivity contribution >= 4 is 22.6 Å². The van der Waals surface area contributed by atoms with E-state index in [4.69, 9.17) is 6.42 Å². The molecule has 4 fully saturated rings. The molecule has 1 saturated heterocycles. The van der Waals surface area contributed by atoms with E-state index in [0.29, 0.717) is 18.1 Å². The maximum Gasteiger partial charge on any atom is 0.249 e. The van der Waals surface area contributed by atoms with Crippen LogP contribution in [0.1, 0.15) is 46.0 Å². The summed E-state index contributed by atoms with van der Waals surface area (Å²) in [5, 5.41) is 10.9. The van der Waals surface area contributed by atoms with Crippen LogP contribution >= 0.6 is 0 Å². The molecule has 6 heteroatoms. The number of imide groups is 1. The molecule has 0 aromatic carbocycles. The minimum absolute atomic E-state index is 0.0217. The summed E-state index contributed by atoms with van der Waals surface area (Å²) in [6.07, 6.45) is 12.6. The van der Waals surface area contributed by atoms with Gasteiger partial charge in [0.1, 0.15) is 4.75 Å². The highest BCUT2D eigenvalue weighted by Crippen LogP contribution is 2.67. The van der Waals surface area contributed by atoms with E-state index in [0.717, 1.165) is 25.7 Å². The molecule has 0 aromatic heterocycles. The van der Waals surface area contributed by atoms with Crippen LogP contribution in [0.4, 0.5) is 0 Å². The van der Waals surface area contributed by atoms with Gasteiger partial charge in [0, 0.05) is 40.9 Å². The van der Waals surface area contributed by atoms with Crippen molar-refractivity contribution in [3.05, 3.63) is 12.2 Å². The highest BCUT2D eigenvalue weighted by atomic mass is 32.2. The van der Waals surface area contributed by atoms with Crippen molar-refractivity contribution in [3.8, 4) is 12.3 Å². The van der Waals surface area contributed by atoms with Gasteiger partial charge in [0.15, 0.2) is 0 Å². The van der Waals surface area contributed by atoms with Crippen molar-refractivity contribution in [2.75, 3.05) is 12.3 Å². The van der Waals surface area contributed by atoms with Crippen molar-refractivity contribution < 1.29 is 18.9 Å². The highest BCUT2D eigenvalue weighted by molar-refractivity contribution is 7.87. The summed E-state index contributed by atoms with van der Waals surface area (Å²) in [4.78, 5) is 28.1. The minimum atomic E-state index is -1.54. The number of carbonyl (C=O) groups is 2. The normalized spacial score (nSPS) is 47.1. The van der Waals surface area contributed by atoms with Gasteiger partial charge < -0.3 is 5.11 Å². The van der Waals surface area contributed by atoms with Crippen LogP contribution in [0.25, 0.3) is 0 Å². The lowest BCUT2D eigenvalue weighted by atomic mass is 9.70. The highest BCUT2D eigenvalue weighted by Gasteiger charge is 2.74. The number of nitrogens with zero attached hydrogens (tertiary/aromatic N) is 1. The Balaban J connectivity index is 1.54. The molecule has 0 aromatic rings. The fourth-order valence-electron chi connectivity index (χ4n) is 7.51. The zero-order valence-corrected chi connectivity index (χ0v) is 17.9. The number of fused-ring (bicyclic) bond motifs is 7. The van der Waals surface area contributed by atoms with Gasteiger partial charge in [0.05, 0.1) is 12.0 Å². The first-order chi connectivity index (χ1) is 13.7. The smallest absolute Gasteiger partial charge is 0.249 e. The van der Waals surface area contributed by atoms with Gasteiger partial charge in [0.25, 0.3) is 0 Å². The Labute approximate surface area is 174 Å². The molecule has 156 valence electrons. The maximum absolute atomic E-state index is 14.1. The second kappa shape index (κ2) is 6.04.